The highest BCUT2D eigenvalue weighted by molar-refractivity contribution is 8.00. The highest BCUT2D eigenvalue weighted by Crippen LogP contribution is 2.23. The maximum Gasteiger partial charge on any atom is 0.305 e. The number of hydrogen-bond donors (Lipinski definition) is 2. The summed E-state index contributed by atoms with van der Waals surface area (Å²) < 4.78 is 0. The fourth-order valence-electron chi connectivity index (χ4n) is 1.37. The highest BCUT2D eigenvalue weighted by Gasteiger charge is 2.05. The number of aryl methyl sites for hydroxylation is 2. The second kappa shape index (κ2) is 7.06. The van der Waals surface area contributed by atoms with Crippen LogP contribution in [-0.4, -0.2) is 29.3 Å². The highest BCUT2D eigenvalue weighted by atomic mass is 32.2. The number of carboxylic acid groups (broad SMARTS) is 1. The van der Waals surface area contributed by atoms with Gasteiger partial charge >= 0.3 is 5.97 Å². The van der Waals surface area contributed by atoms with Crippen molar-refractivity contribution < 1.29 is 14.7 Å². The molecule has 1 aromatic rings. The van der Waals surface area contributed by atoms with Crippen molar-refractivity contribution >= 4 is 23.6 Å². The number of hydrogen-bond acceptors (Lipinski definition) is 3. The minimum Gasteiger partial charge on any atom is -0.481 e. The fourth-order valence-corrected chi connectivity index (χ4v) is 2.32. The predicted molar refractivity (Wildman–Crippen MR) is 71.9 cm³/mol. The molecule has 0 unspecified atom stereocenters. The molecule has 0 fully saturated rings. The molecule has 0 saturated heterocycles. The average Bonchev–Trinajstić information content (AvgIpc) is 2.30. The summed E-state index contributed by atoms with van der Waals surface area (Å²) in [5, 5.41) is 11.0. The van der Waals surface area contributed by atoms with Gasteiger partial charge in [-0.15, -0.1) is 11.8 Å². The molecule has 1 rings (SSSR count). The first-order valence-electron chi connectivity index (χ1n) is 5.67. The van der Waals surface area contributed by atoms with E-state index in [-0.39, 0.29) is 18.9 Å². The van der Waals surface area contributed by atoms with Crippen LogP contribution in [-0.2, 0) is 9.59 Å². The summed E-state index contributed by atoms with van der Waals surface area (Å²) in [6, 6.07) is 6.11. The Morgan fingerprint density at radius 3 is 2.72 bits per heavy atom. The summed E-state index contributed by atoms with van der Waals surface area (Å²) in [6.45, 7) is 4.20. The number of carbonyl (C=O) groups excluding carboxylic acids is 1. The summed E-state index contributed by atoms with van der Waals surface area (Å²) >= 11 is 1.47. The number of thioether (sulfide) groups is 1. The summed E-state index contributed by atoms with van der Waals surface area (Å²) in [6.07, 6.45) is -0.0418. The smallest absolute Gasteiger partial charge is 0.305 e. The second-order valence-electron chi connectivity index (χ2n) is 4.05. The van der Waals surface area contributed by atoms with Gasteiger partial charge in [0, 0.05) is 11.4 Å². The summed E-state index contributed by atoms with van der Waals surface area (Å²) in [5.74, 6) is -0.733. The van der Waals surface area contributed by atoms with Crippen molar-refractivity contribution in [3.63, 3.8) is 0 Å². The lowest BCUT2D eigenvalue weighted by Gasteiger charge is -2.07. The van der Waals surface area contributed by atoms with Crippen LogP contribution in [0, 0.1) is 13.8 Å². The van der Waals surface area contributed by atoms with E-state index in [1.807, 2.05) is 32.0 Å². The monoisotopic (exact) mass is 267 g/mol. The molecule has 5 heteroatoms. The standard InChI is InChI=1S/C13H17NO3S/c1-9-3-4-10(2)11(7-9)18-8-12(15)14-6-5-13(16)17/h3-4,7H,5-6,8H2,1-2H3,(H,14,15)(H,16,17). The molecule has 0 aliphatic carbocycles. The minimum absolute atomic E-state index is 0.0418. The van der Waals surface area contributed by atoms with Crippen LogP contribution in [0.25, 0.3) is 0 Å². The van der Waals surface area contributed by atoms with Gasteiger partial charge in [-0.1, -0.05) is 17.7 Å². The molecule has 4 nitrogen and oxygen atoms in total. The van der Waals surface area contributed by atoms with E-state index in [9.17, 15) is 9.59 Å². The predicted octanol–water partition coefficient (Wildman–Crippen LogP) is 1.99. The number of aliphatic carboxylic acids is 1. The van der Waals surface area contributed by atoms with Gasteiger partial charge in [-0.2, -0.15) is 0 Å². The first-order chi connectivity index (χ1) is 8.49. The van der Waals surface area contributed by atoms with E-state index in [0.717, 1.165) is 16.0 Å². The third kappa shape index (κ3) is 5.23. The Balaban J connectivity index is 2.38. The van der Waals surface area contributed by atoms with Crippen LogP contribution in [0.5, 0.6) is 0 Å². The van der Waals surface area contributed by atoms with Crippen molar-refractivity contribution in [3.8, 4) is 0 Å². The lowest BCUT2D eigenvalue weighted by atomic mass is 10.2. The van der Waals surface area contributed by atoms with Gasteiger partial charge < -0.3 is 10.4 Å². The van der Waals surface area contributed by atoms with Gasteiger partial charge in [0.25, 0.3) is 0 Å². The number of amides is 1. The number of nitrogens with one attached hydrogen (secondary N) is 1. The van der Waals surface area contributed by atoms with Crippen LogP contribution in [0.1, 0.15) is 17.5 Å². The zero-order chi connectivity index (χ0) is 13.5. The number of carboxylic acids is 1. The Kier molecular flexibility index (Phi) is 5.71. The molecule has 1 amide bonds. The number of rotatable bonds is 6. The Hall–Kier alpha value is -1.49. The van der Waals surface area contributed by atoms with E-state index in [0.29, 0.717) is 5.75 Å². The van der Waals surface area contributed by atoms with Crippen LogP contribution in [0.15, 0.2) is 23.1 Å². The molecular formula is C13H17NO3S. The molecule has 0 heterocycles. The fraction of sp³-hybridized carbons (Fsp3) is 0.385. The molecule has 0 saturated carbocycles. The van der Waals surface area contributed by atoms with Crippen molar-refractivity contribution in [3.05, 3.63) is 29.3 Å². The van der Waals surface area contributed by atoms with E-state index in [1.54, 1.807) is 0 Å². The third-order valence-electron chi connectivity index (χ3n) is 2.36. The largest absolute Gasteiger partial charge is 0.481 e. The first kappa shape index (κ1) is 14.6. The molecule has 0 aromatic heterocycles. The van der Waals surface area contributed by atoms with E-state index in [2.05, 4.69) is 5.32 Å². The summed E-state index contributed by atoms with van der Waals surface area (Å²) in [4.78, 5) is 22.8. The zero-order valence-corrected chi connectivity index (χ0v) is 11.3. The average molecular weight is 267 g/mol. The Bertz CT molecular complexity index is 446. The van der Waals surface area contributed by atoms with Crippen molar-refractivity contribution in [2.45, 2.75) is 25.2 Å². The van der Waals surface area contributed by atoms with Gasteiger partial charge in [0.1, 0.15) is 0 Å². The van der Waals surface area contributed by atoms with Crippen molar-refractivity contribution in [2.75, 3.05) is 12.3 Å². The van der Waals surface area contributed by atoms with Gasteiger partial charge in [-0.3, -0.25) is 9.59 Å². The Morgan fingerprint density at radius 1 is 1.33 bits per heavy atom. The molecule has 0 radical (unpaired) electrons. The molecular weight excluding hydrogens is 250 g/mol. The van der Waals surface area contributed by atoms with Crippen molar-refractivity contribution in [2.24, 2.45) is 0 Å². The zero-order valence-electron chi connectivity index (χ0n) is 10.5. The maximum absolute atomic E-state index is 11.5. The molecule has 0 aliphatic heterocycles. The molecule has 0 atom stereocenters. The summed E-state index contributed by atoms with van der Waals surface area (Å²) in [7, 11) is 0. The SMILES string of the molecule is Cc1ccc(C)c(SCC(=O)NCCC(=O)O)c1. The normalized spacial score (nSPS) is 10.1. The molecule has 1 aromatic carbocycles. The van der Waals surface area contributed by atoms with E-state index in [1.165, 1.54) is 11.8 Å². The van der Waals surface area contributed by atoms with Gasteiger partial charge in [0.05, 0.1) is 12.2 Å². The third-order valence-corrected chi connectivity index (χ3v) is 3.52. The van der Waals surface area contributed by atoms with Crippen LogP contribution in [0.2, 0.25) is 0 Å². The van der Waals surface area contributed by atoms with E-state index >= 15 is 0 Å². The minimum atomic E-state index is -0.905. The van der Waals surface area contributed by atoms with Gasteiger partial charge in [-0.05, 0) is 25.5 Å². The maximum atomic E-state index is 11.5. The quantitative estimate of drug-likeness (QED) is 0.774. The van der Waals surface area contributed by atoms with Crippen molar-refractivity contribution in [1.82, 2.24) is 5.32 Å². The molecule has 0 bridgehead atoms. The van der Waals surface area contributed by atoms with Crippen molar-refractivity contribution in [1.29, 1.82) is 0 Å². The van der Waals surface area contributed by atoms with E-state index in [4.69, 9.17) is 5.11 Å². The van der Waals surface area contributed by atoms with Gasteiger partial charge in [0.15, 0.2) is 0 Å². The lowest BCUT2D eigenvalue weighted by Crippen LogP contribution is -2.27. The van der Waals surface area contributed by atoms with Crippen LogP contribution >= 0.6 is 11.8 Å². The number of benzene rings is 1. The first-order valence-corrected chi connectivity index (χ1v) is 6.66. The molecule has 98 valence electrons. The number of carbonyl (C=O) groups is 2. The Morgan fingerprint density at radius 2 is 2.06 bits per heavy atom. The van der Waals surface area contributed by atoms with Gasteiger partial charge in [0.2, 0.25) is 5.91 Å². The summed E-state index contributed by atoms with van der Waals surface area (Å²) in [5.41, 5.74) is 2.30. The van der Waals surface area contributed by atoms with Crippen LogP contribution in [0.4, 0.5) is 0 Å². The lowest BCUT2D eigenvalue weighted by molar-refractivity contribution is -0.136. The Labute approximate surface area is 111 Å². The van der Waals surface area contributed by atoms with Crippen LogP contribution < -0.4 is 5.32 Å². The molecule has 2 N–H and O–H groups in total. The molecule has 18 heavy (non-hydrogen) atoms. The van der Waals surface area contributed by atoms with Gasteiger partial charge in [-0.25, -0.2) is 0 Å². The molecule has 0 spiro atoms. The topological polar surface area (TPSA) is 66.4 Å². The molecule has 0 aliphatic rings. The second-order valence-corrected chi connectivity index (χ2v) is 5.07. The van der Waals surface area contributed by atoms with E-state index < -0.39 is 5.97 Å². The van der Waals surface area contributed by atoms with Crippen LogP contribution in [0.3, 0.4) is 0 Å².